The molecule has 6 unspecified atom stereocenters. The maximum absolute atomic E-state index is 13.5. The molecular formula is C42H83N5O8. The van der Waals surface area contributed by atoms with Crippen molar-refractivity contribution in [3.8, 4) is 0 Å². The molecule has 0 aliphatic carbocycles. The smallest absolute Gasteiger partial charge is 0.303 e. The summed E-state index contributed by atoms with van der Waals surface area (Å²) in [7, 11) is 4.99. The van der Waals surface area contributed by atoms with Gasteiger partial charge in [-0.1, -0.05) is 117 Å². The molecule has 1 aliphatic heterocycles. The summed E-state index contributed by atoms with van der Waals surface area (Å²) in [6.45, 7) is 21.6. The Morgan fingerprint density at radius 1 is 0.909 bits per heavy atom. The molecule has 0 aromatic heterocycles. The van der Waals surface area contributed by atoms with Gasteiger partial charge >= 0.3 is 5.97 Å². The number of likely N-dealkylation sites (tertiary alicyclic amines) is 1. The Labute approximate surface area is 335 Å². The molecule has 7 N–H and O–H groups in total. The van der Waals surface area contributed by atoms with Crippen LogP contribution in [0.3, 0.4) is 0 Å². The fourth-order valence-corrected chi connectivity index (χ4v) is 5.95. The van der Waals surface area contributed by atoms with Crippen molar-refractivity contribution in [3.63, 3.8) is 0 Å². The second-order valence-corrected chi connectivity index (χ2v) is 12.7. The number of hydrogen-bond acceptors (Lipinski definition) is 8. The zero-order valence-corrected chi connectivity index (χ0v) is 36.9. The number of carbonyl (C=O) groups excluding carboxylic acids is 4. The number of amides is 4. The number of unbranched alkanes of at least 4 members (excludes halogenated alkanes) is 2. The van der Waals surface area contributed by atoms with Crippen LogP contribution in [0.15, 0.2) is 30.3 Å². The van der Waals surface area contributed by atoms with Gasteiger partial charge in [-0.3, -0.25) is 24.0 Å². The van der Waals surface area contributed by atoms with Crippen molar-refractivity contribution in [3.05, 3.63) is 35.9 Å². The van der Waals surface area contributed by atoms with Gasteiger partial charge in [0.1, 0.15) is 0 Å². The van der Waals surface area contributed by atoms with Crippen LogP contribution in [0, 0.1) is 18.8 Å². The van der Waals surface area contributed by atoms with Crippen LogP contribution >= 0.6 is 0 Å². The molecule has 6 atom stereocenters. The zero-order chi connectivity index (χ0) is 43.8. The highest BCUT2D eigenvalue weighted by molar-refractivity contribution is 5.78. The third kappa shape index (κ3) is 30.4. The average Bonchev–Trinajstić information content (AvgIpc) is 3.65. The lowest BCUT2D eigenvalue weighted by Crippen LogP contribution is -2.52. The van der Waals surface area contributed by atoms with Crippen LogP contribution in [0.4, 0.5) is 0 Å². The van der Waals surface area contributed by atoms with Crippen LogP contribution in [0.5, 0.6) is 0 Å². The third-order valence-corrected chi connectivity index (χ3v) is 8.49. The van der Waals surface area contributed by atoms with Gasteiger partial charge in [0.2, 0.25) is 24.6 Å². The number of methoxy groups -OCH3 is 2. The van der Waals surface area contributed by atoms with Gasteiger partial charge in [-0.2, -0.15) is 0 Å². The van der Waals surface area contributed by atoms with Gasteiger partial charge in [-0.25, -0.2) is 0 Å². The lowest BCUT2D eigenvalue weighted by molar-refractivity contribution is -0.145. The Hall–Kier alpha value is -3.55. The van der Waals surface area contributed by atoms with Crippen LogP contribution in [0.1, 0.15) is 132 Å². The molecule has 1 saturated heterocycles. The van der Waals surface area contributed by atoms with Crippen LogP contribution in [-0.2, 0) is 33.4 Å². The van der Waals surface area contributed by atoms with E-state index in [9.17, 15) is 19.5 Å². The lowest BCUT2D eigenvalue weighted by atomic mass is 9.90. The summed E-state index contributed by atoms with van der Waals surface area (Å²) < 4.78 is 11.5. The number of nitrogens with two attached hydrogens (primary N) is 3. The quantitative estimate of drug-likeness (QED) is 0.0994. The first-order valence-electron chi connectivity index (χ1n) is 20.1. The van der Waals surface area contributed by atoms with E-state index >= 15 is 0 Å². The Balaban J connectivity index is -0.000000341. The number of primary amides is 2. The topological polar surface area (TPSA) is 209 Å². The number of ether oxygens (including phenoxy) is 2. The van der Waals surface area contributed by atoms with Crippen molar-refractivity contribution in [1.29, 1.82) is 0 Å². The molecule has 0 radical (unpaired) electrons. The van der Waals surface area contributed by atoms with Crippen LogP contribution in [-0.4, -0.2) is 104 Å². The Morgan fingerprint density at radius 2 is 1.42 bits per heavy atom. The predicted molar refractivity (Wildman–Crippen MR) is 226 cm³/mol. The molecule has 0 bridgehead atoms. The number of nitrogens with zero attached hydrogens (tertiary/aromatic N) is 2. The van der Waals surface area contributed by atoms with E-state index in [1.54, 1.807) is 19.1 Å². The molecule has 0 spiro atoms. The van der Waals surface area contributed by atoms with E-state index in [1.165, 1.54) is 12.0 Å². The number of rotatable bonds is 17. The van der Waals surface area contributed by atoms with E-state index in [4.69, 9.17) is 24.8 Å². The van der Waals surface area contributed by atoms with Crippen LogP contribution < -0.4 is 17.2 Å². The summed E-state index contributed by atoms with van der Waals surface area (Å²) >= 11 is 0. The first-order chi connectivity index (χ1) is 26.3. The van der Waals surface area contributed by atoms with E-state index < -0.39 is 12.1 Å². The maximum Gasteiger partial charge on any atom is 0.303 e. The van der Waals surface area contributed by atoms with E-state index in [-0.39, 0.29) is 67.5 Å². The van der Waals surface area contributed by atoms with Gasteiger partial charge in [0, 0.05) is 34.2 Å². The van der Waals surface area contributed by atoms with Gasteiger partial charge in [-0.15, -0.1) is 0 Å². The molecule has 4 amide bonds. The second kappa shape index (κ2) is 43.2. The standard InChI is InChI=1S/C26H49N3O6.C7H8.C3H8.2C2H6.2CH3NO/c1-7-18(2)25(28(4)22(30)13-9-8-10-14-27)21(34-5)17-23(31)29-15-11-12-20(29)26(35-6)19(3)16-24(32)33;1-7-5-3-2-4-6-7;1-3-2;2*1-2;2*2-1-3/h18-21,25-26H,7-17,27H2,1-6H3,(H,32,33);2-6H,1H3;3H2,1-2H3;2*1-2H3;2*1H,(H2,2,3). The number of carboxylic acid groups (broad SMARTS) is 1. The summed E-state index contributed by atoms with van der Waals surface area (Å²) in [6.07, 6.45) is 6.70. The number of likely N-dealkylation sites (N-methyl/N-ethyl adjacent to an activating group) is 1. The summed E-state index contributed by atoms with van der Waals surface area (Å²) in [5.74, 6) is -0.918. The molecule has 55 heavy (non-hydrogen) atoms. The highest BCUT2D eigenvalue weighted by Crippen LogP contribution is 2.30. The molecule has 1 heterocycles. The van der Waals surface area contributed by atoms with E-state index in [0.29, 0.717) is 19.5 Å². The van der Waals surface area contributed by atoms with Gasteiger partial charge in [0.25, 0.3) is 0 Å². The van der Waals surface area contributed by atoms with E-state index in [0.717, 1.165) is 38.5 Å². The second-order valence-electron chi connectivity index (χ2n) is 12.7. The number of aryl methyl sites for hydroxylation is 1. The molecule has 324 valence electrons. The maximum atomic E-state index is 13.5. The van der Waals surface area contributed by atoms with Crippen LogP contribution in [0.25, 0.3) is 0 Å². The van der Waals surface area contributed by atoms with E-state index in [2.05, 4.69) is 58.2 Å². The Morgan fingerprint density at radius 3 is 1.80 bits per heavy atom. The van der Waals surface area contributed by atoms with Gasteiger partial charge in [-0.05, 0) is 51.0 Å². The summed E-state index contributed by atoms with van der Waals surface area (Å²) in [4.78, 5) is 58.5. The van der Waals surface area contributed by atoms with Crippen molar-refractivity contribution in [1.82, 2.24) is 9.80 Å². The molecule has 13 heteroatoms. The number of aliphatic carboxylic acids is 1. The first kappa shape index (κ1) is 60.7. The minimum atomic E-state index is -0.873. The van der Waals surface area contributed by atoms with Crippen LogP contribution in [0.2, 0.25) is 0 Å². The zero-order valence-electron chi connectivity index (χ0n) is 36.9. The van der Waals surface area contributed by atoms with E-state index in [1.807, 2.05) is 64.8 Å². The van der Waals surface area contributed by atoms with Gasteiger partial charge < -0.3 is 41.6 Å². The lowest BCUT2D eigenvalue weighted by Gasteiger charge is -2.39. The molecule has 1 fully saturated rings. The van der Waals surface area contributed by atoms with Crippen molar-refractivity contribution < 1.29 is 38.6 Å². The SMILES string of the molecule is CC.CC.CCC.CCC(C)C(C(CC(=O)N1CCCC1C(OC)C(C)CC(=O)O)OC)N(C)C(=O)CCCCCN.Cc1ccccc1.NC=O.NC=O. The van der Waals surface area contributed by atoms with Crippen molar-refractivity contribution in [2.45, 2.75) is 158 Å². The summed E-state index contributed by atoms with van der Waals surface area (Å²) in [5, 5.41) is 9.22. The molecule has 1 aromatic rings. The third-order valence-electron chi connectivity index (χ3n) is 8.49. The summed E-state index contributed by atoms with van der Waals surface area (Å²) in [5.41, 5.74) is 15.2. The van der Waals surface area contributed by atoms with Crippen molar-refractivity contribution in [2.75, 3.05) is 34.4 Å². The molecule has 1 aliphatic rings. The highest BCUT2D eigenvalue weighted by atomic mass is 16.5. The first-order valence-corrected chi connectivity index (χ1v) is 20.1. The largest absolute Gasteiger partial charge is 0.481 e. The molecular weight excluding hydrogens is 702 g/mol. The molecule has 1 aromatic carbocycles. The fraction of sp³-hybridized carbons (Fsp3) is 0.738. The molecule has 0 saturated carbocycles. The number of benzene rings is 1. The van der Waals surface area contributed by atoms with Gasteiger partial charge in [0.05, 0.1) is 37.1 Å². The van der Waals surface area contributed by atoms with Crippen molar-refractivity contribution in [2.24, 2.45) is 29.0 Å². The average molecular weight is 786 g/mol. The predicted octanol–water partition coefficient (Wildman–Crippen LogP) is 6.57. The normalized spacial score (nSPS) is 14.9. The van der Waals surface area contributed by atoms with Crippen molar-refractivity contribution >= 4 is 30.6 Å². The fourth-order valence-electron chi connectivity index (χ4n) is 5.95. The Bertz CT molecular complexity index is 1030. The number of carbonyl (C=O) groups is 5. The van der Waals surface area contributed by atoms with Gasteiger partial charge in [0.15, 0.2) is 0 Å². The minimum Gasteiger partial charge on any atom is -0.481 e. The Kier molecular flexibility index (Phi) is 47.7. The minimum absolute atomic E-state index is 0.00793. The molecule has 2 rings (SSSR count). The monoisotopic (exact) mass is 786 g/mol. The number of hydrogen-bond donors (Lipinski definition) is 4. The highest BCUT2D eigenvalue weighted by Gasteiger charge is 2.40. The molecule has 13 nitrogen and oxygen atoms in total. The summed E-state index contributed by atoms with van der Waals surface area (Å²) in [6, 6.07) is 9.88. The number of carboxylic acids is 1.